The number of carbonyl (C=O) groups is 1. The highest BCUT2D eigenvalue weighted by molar-refractivity contribution is 5.85. The number of carbonyl (C=O) groups excluding carboxylic acids is 1. The van der Waals surface area contributed by atoms with Crippen LogP contribution in [0.2, 0.25) is 0 Å². The van der Waals surface area contributed by atoms with E-state index < -0.39 is 5.41 Å². The van der Waals surface area contributed by atoms with Gasteiger partial charge >= 0.3 is 0 Å². The normalized spacial score (nSPS) is 16.5. The van der Waals surface area contributed by atoms with Crippen molar-refractivity contribution in [3.8, 4) is 5.75 Å². The van der Waals surface area contributed by atoms with Crippen molar-refractivity contribution in [1.82, 2.24) is 4.90 Å². The van der Waals surface area contributed by atoms with Gasteiger partial charge in [-0.3, -0.25) is 4.79 Å². The molecule has 1 aliphatic rings. The molecule has 1 saturated heterocycles. The van der Waals surface area contributed by atoms with E-state index in [9.17, 15) is 4.79 Å². The Bertz CT molecular complexity index is 490. The molecule has 124 valence electrons. The number of ether oxygens (including phenoxy) is 2. The van der Waals surface area contributed by atoms with E-state index in [1.54, 1.807) is 12.0 Å². The molecular weight excluding hydrogens is 304 g/mol. The molecule has 1 amide bonds. The first-order chi connectivity index (χ1) is 10.1. The van der Waals surface area contributed by atoms with Crippen molar-refractivity contribution in [2.45, 2.75) is 19.4 Å². The summed E-state index contributed by atoms with van der Waals surface area (Å²) in [6, 6.07) is 7.75. The Hall–Kier alpha value is -1.30. The first kappa shape index (κ1) is 18.7. The fourth-order valence-corrected chi connectivity index (χ4v) is 2.83. The zero-order chi connectivity index (χ0) is 15.3. The lowest BCUT2D eigenvalue weighted by molar-refractivity contribution is -0.146. The molecule has 22 heavy (non-hydrogen) atoms. The number of benzene rings is 1. The average Bonchev–Trinajstić information content (AvgIpc) is 2.55. The first-order valence-electron chi connectivity index (χ1n) is 7.28. The Morgan fingerprint density at radius 1 is 1.36 bits per heavy atom. The molecule has 0 saturated carbocycles. The molecular formula is C16H25ClN2O3. The van der Waals surface area contributed by atoms with Gasteiger partial charge in [0.2, 0.25) is 5.91 Å². The molecule has 1 aromatic carbocycles. The van der Waals surface area contributed by atoms with E-state index in [4.69, 9.17) is 15.2 Å². The minimum absolute atomic E-state index is 0. The van der Waals surface area contributed by atoms with Crippen LogP contribution in [0.1, 0.15) is 18.4 Å². The molecule has 1 fully saturated rings. The number of halogens is 1. The van der Waals surface area contributed by atoms with E-state index in [1.807, 2.05) is 31.3 Å². The number of nitrogens with two attached hydrogens (primary N) is 1. The third kappa shape index (κ3) is 3.91. The number of nitrogens with zero attached hydrogens (tertiary/aromatic N) is 1. The fourth-order valence-electron chi connectivity index (χ4n) is 2.83. The fraction of sp³-hybridized carbons (Fsp3) is 0.562. The Morgan fingerprint density at radius 2 is 2.00 bits per heavy atom. The monoisotopic (exact) mass is 328 g/mol. The van der Waals surface area contributed by atoms with Crippen LogP contribution in [-0.4, -0.2) is 44.7 Å². The summed E-state index contributed by atoms with van der Waals surface area (Å²) in [6.45, 7) is 2.09. The van der Waals surface area contributed by atoms with Crippen LogP contribution in [0.4, 0.5) is 0 Å². The van der Waals surface area contributed by atoms with Gasteiger partial charge in [0, 0.05) is 38.9 Å². The Morgan fingerprint density at radius 3 is 2.59 bits per heavy atom. The van der Waals surface area contributed by atoms with E-state index in [0.717, 1.165) is 11.3 Å². The maximum atomic E-state index is 12.8. The number of hydrogen-bond acceptors (Lipinski definition) is 4. The number of hydrogen-bond donors (Lipinski definition) is 1. The molecule has 0 aliphatic carbocycles. The predicted molar refractivity (Wildman–Crippen MR) is 88.3 cm³/mol. The van der Waals surface area contributed by atoms with Gasteiger partial charge in [0.05, 0.1) is 12.5 Å². The summed E-state index contributed by atoms with van der Waals surface area (Å²) < 4.78 is 10.7. The van der Waals surface area contributed by atoms with Crippen LogP contribution in [0.3, 0.4) is 0 Å². The summed E-state index contributed by atoms with van der Waals surface area (Å²) in [7, 11) is 3.46. The van der Waals surface area contributed by atoms with Crippen molar-refractivity contribution in [1.29, 1.82) is 0 Å². The van der Waals surface area contributed by atoms with E-state index >= 15 is 0 Å². The maximum absolute atomic E-state index is 12.8. The average molecular weight is 329 g/mol. The van der Waals surface area contributed by atoms with Gasteiger partial charge in [-0.05, 0) is 18.9 Å². The maximum Gasteiger partial charge on any atom is 0.230 e. The van der Waals surface area contributed by atoms with Gasteiger partial charge < -0.3 is 20.1 Å². The molecule has 2 N–H and O–H groups in total. The highest BCUT2D eigenvalue weighted by atomic mass is 35.5. The second-order valence-electron chi connectivity index (χ2n) is 5.57. The summed E-state index contributed by atoms with van der Waals surface area (Å²) in [4.78, 5) is 14.6. The lowest BCUT2D eigenvalue weighted by Crippen LogP contribution is -2.49. The summed E-state index contributed by atoms with van der Waals surface area (Å²) in [6.07, 6.45) is 1.39. The van der Waals surface area contributed by atoms with Crippen molar-refractivity contribution in [3.63, 3.8) is 0 Å². The standard InChI is InChI=1S/C16H24N2O3.ClH/c1-18(11-13-5-3-4-6-14(13)20-2)15(19)16(12-17)7-9-21-10-8-16;/h3-6H,7-12,17H2,1-2H3;1H. The number of rotatable bonds is 5. The van der Waals surface area contributed by atoms with Crippen LogP contribution in [-0.2, 0) is 16.1 Å². The molecule has 0 atom stereocenters. The molecule has 0 radical (unpaired) electrons. The minimum atomic E-state index is -0.477. The van der Waals surface area contributed by atoms with Crippen molar-refractivity contribution in [2.24, 2.45) is 11.1 Å². The lowest BCUT2D eigenvalue weighted by Gasteiger charge is -2.37. The molecule has 0 unspecified atom stereocenters. The summed E-state index contributed by atoms with van der Waals surface area (Å²) in [5, 5.41) is 0. The Balaban J connectivity index is 0.00000242. The van der Waals surface area contributed by atoms with Crippen LogP contribution < -0.4 is 10.5 Å². The van der Waals surface area contributed by atoms with Crippen molar-refractivity contribution in [2.75, 3.05) is 33.9 Å². The van der Waals surface area contributed by atoms with Gasteiger partial charge in [-0.2, -0.15) is 0 Å². The van der Waals surface area contributed by atoms with Crippen LogP contribution >= 0.6 is 12.4 Å². The van der Waals surface area contributed by atoms with Gasteiger partial charge in [-0.15, -0.1) is 12.4 Å². The quantitative estimate of drug-likeness (QED) is 0.895. The molecule has 1 aliphatic heterocycles. The largest absolute Gasteiger partial charge is 0.496 e. The zero-order valence-corrected chi connectivity index (χ0v) is 14.0. The van der Waals surface area contributed by atoms with Gasteiger partial charge in [0.25, 0.3) is 0 Å². The molecule has 5 nitrogen and oxygen atoms in total. The highest BCUT2D eigenvalue weighted by Crippen LogP contribution is 2.32. The molecule has 0 aromatic heterocycles. The van der Waals surface area contributed by atoms with Gasteiger partial charge in [-0.25, -0.2) is 0 Å². The Kier molecular flexibility index (Phi) is 7.13. The third-order valence-electron chi connectivity index (χ3n) is 4.24. The van der Waals surface area contributed by atoms with Crippen molar-refractivity contribution < 1.29 is 14.3 Å². The SMILES string of the molecule is COc1ccccc1CN(C)C(=O)C1(CN)CCOCC1.Cl. The molecule has 1 aromatic rings. The van der Waals surface area contributed by atoms with Gasteiger partial charge in [0.1, 0.15) is 5.75 Å². The number of methoxy groups -OCH3 is 1. The van der Waals surface area contributed by atoms with Gasteiger partial charge in [0.15, 0.2) is 0 Å². The molecule has 2 rings (SSSR count). The van der Waals surface area contributed by atoms with E-state index in [-0.39, 0.29) is 18.3 Å². The number of amides is 1. The van der Waals surface area contributed by atoms with E-state index in [0.29, 0.717) is 39.1 Å². The Labute approximate surface area is 138 Å². The summed E-state index contributed by atoms with van der Waals surface area (Å²) in [5.41, 5.74) is 6.42. The third-order valence-corrected chi connectivity index (χ3v) is 4.24. The number of para-hydroxylation sites is 1. The smallest absolute Gasteiger partial charge is 0.230 e. The van der Waals surface area contributed by atoms with Crippen LogP contribution in [0.15, 0.2) is 24.3 Å². The van der Waals surface area contributed by atoms with Crippen LogP contribution in [0, 0.1) is 5.41 Å². The highest BCUT2D eigenvalue weighted by Gasteiger charge is 2.40. The van der Waals surface area contributed by atoms with Gasteiger partial charge in [-0.1, -0.05) is 18.2 Å². The second-order valence-corrected chi connectivity index (χ2v) is 5.57. The first-order valence-corrected chi connectivity index (χ1v) is 7.28. The summed E-state index contributed by atoms with van der Waals surface area (Å²) >= 11 is 0. The predicted octanol–water partition coefficient (Wildman–Crippen LogP) is 1.83. The zero-order valence-electron chi connectivity index (χ0n) is 13.2. The molecule has 0 bridgehead atoms. The minimum Gasteiger partial charge on any atom is -0.496 e. The van der Waals surface area contributed by atoms with Crippen molar-refractivity contribution in [3.05, 3.63) is 29.8 Å². The van der Waals surface area contributed by atoms with Crippen molar-refractivity contribution >= 4 is 18.3 Å². The second kappa shape index (κ2) is 8.36. The molecule has 1 heterocycles. The van der Waals surface area contributed by atoms with Crippen LogP contribution in [0.25, 0.3) is 0 Å². The topological polar surface area (TPSA) is 64.8 Å². The van der Waals surface area contributed by atoms with E-state index in [1.165, 1.54) is 0 Å². The lowest BCUT2D eigenvalue weighted by atomic mass is 9.79. The van der Waals surface area contributed by atoms with E-state index in [2.05, 4.69) is 0 Å². The summed E-state index contributed by atoms with van der Waals surface area (Å²) in [5.74, 6) is 0.894. The van der Waals surface area contributed by atoms with Crippen LogP contribution in [0.5, 0.6) is 5.75 Å². The molecule has 6 heteroatoms. The molecule has 0 spiro atoms.